The molecule has 1 aromatic heterocycles. The van der Waals surface area contributed by atoms with Gasteiger partial charge in [0.1, 0.15) is 5.01 Å². The van der Waals surface area contributed by atoms with Crippen LogP contribution >= 0.6 is 23.1 Å². The summed E-state index contributed by atoms with van der Waals surface area (Å²) in [6.45, 7) is 4.42. The molecule has 1 atom stereocenters. The number of hydrogen-bond donors (Lipinski definition) is 1. The van der Waals surface area contributed by atoms with Crippen LogP contribution in [-0.2, 0) is 0 Å². The molecule has 1 aromatic rings. The van der Waals surface area contributed by atoms with Gasteiger partial charge in [0.15, 0.2) is 0 Å². The van der Waals surface area contributed by atoms with Crippen LogP contribution in [0.2, 0.25) is 0 Å². The van der Waals surface area contributed by atoms with Crippen molar-refractivity contribution in [1.82, 2.24) is 10.3 Å². The molecule has 1 aliphatic carbocycles. The minimum Gasteiger partial charge on any atom is -0.305 e. The second-order valence-electron chi connectivity index (χ2n) is 5.04. The Kier molecular flexibility index (Phi) is 4.88. The van der Waals surface area contributed by atoms with E-state index in [1.54, 1.807) is 0 Å². The fraction of sp³-hybridized carbons (Fsp3) is 0.769. The first-order valence-electron chi connectivity index (χ1n) is 6.41. The second kappa shape index (κ2) is 6.21. The maximum Gasteiger partial charge on any atom is 0.110 e. The van der Waals surface area contributed by atoms with Crippen LogP contribution in [0.15, 0.2) is 5.38 Å². The Morgan fingerprint density at radius 1 is 1.53 bits per heavy atom. The molecular formula is C13H22N2S2. The molecule has 1 unspecified atom stereocenters. The summed E-state index contributed by atoms with van der Waals surface area (Å²) in [6, 6.07) is 1.24. The van der Waals surface area contributed by atoms with Crippen LogP contribution in [0.4, 0.5) is 0 Å². The molecule has 2 nitrogen and oxygen atoms in total. The number of nitrogens with zero attached hydrogens (tertiary/aromatic N) is 1. The second-order valence-corrected chi connectivity index (χ2v) is 6.92. The molecule has 1 fully saturated rings. The molecule has 96 valence electrons. The van der Waals surface area contributed by atoms with E-state index in [9.17, 15) is 0 Å². The summed E-state index contributed by atoms with van der Waals surface area (Å²) in [6.07, 6.45) is 6.06. The highest BCUT2D eigenvalue weighted by Crippen LogP contribution is 2.29. The molecule has 0 bridgehead atoms. The number of rotatable bonds is 7. The number of thiazole rings is 1. The van der Waals surface area contributed by atoms with Gasteiger partial charge >= 0.3 is 0 Å². The summed E-state index contributed by atoms with van der Waals surface area (Å²) < 4.78 is 0. The topological polar surface area (TPSA) is 24.9 Å². The predicted octanol–water partition coefficient (Wildman–Crippen LogP) is 3.81. The van der Waals surface area contributed by atoms with Crippen molar-refractivity contribution in [3.63, 3.8) is 0 Å². The van der Waals surface area contributed by atoms with Gasteiger partial charge < -0.3 is 5.32 Å². The van der Waals surface area contributed by atoms with Gasteiger partial charge in [-0.15, -0.1) is 11.3 Å². The molecule has 1 aliphatic rings. The standard InChI is InChI=1S/C13H22N2S2/c1-9(2)12-8-17-13(15-12)11(6-7-16-3)14-10-4-5-10/h8-11,14H,4-7H2,1-3H3. The number of aromatic nitrogens is 1. The third-order valence-electron chi connectivity index (χ3n) is 3.05. The maximum atomic E-state index is 4.79. The van der Waals surface area contributed by atoms with Gasteiger partial charge in [-0.05, 0) is 37.2 Å². The molecule has 0 amide bonds. The highest BCUT2D eigenvalue weighted by Gasteiger charge is 2.26. The van der Waals surface area contributed by atoms with Crippen molar-refractivity contribution in [2.24, 2.45) is 0 Å². The number of nitrogens with one attached hydrogen (secondary N) is 1. The lowest BCUT2D eigenvalue weighted by Crippen LogP contribution is -2.24. The zero-order chi connectivity index (χ0) is 12.3. The Bertz CT molecular complexity index is 345. The van der Waals surface area contributed by atoms with Gasteiger partial charge in [0, 0.05) is 11.4 Å². The van der Waals surface area contributed by atoms with Gasteiger partial charge in [-0.25, -0.2) is 4.98 Å². The quantitative estimate of drug-likeness (QED) is 0.815. The maximum absolute atomic E-state index is 4.79. The molecule has 1 N–H and O–H groups in total. The molecule has 0 spiro atoms. The zero-order valence-electron chi connectivity index (χ0n) is 10.9. The molecule has 0 aliphatic heterocycles. The van der Waals surface area contributed by atoms with E-state index in [1.165, 1.54) is 35.7 Å². The Morgan fingerprint density at radius 2 is 2.29 bits per heavy atom. The van der Waals surface area contributed by atoms with Crippen LogP contribution in [0.3, 0.4) is 0 Å². The SMILES string of the molecule is CSCCC(NC1CC1)c1nc(C(C)C)cs1. The van der Waals surface area contributed by atoms with Crippen molar-refractivity contribution in [3.8, 4) is 0 Å². The average molecular weight is 270 g/mol. The van der Waals surface area contributed by atoms with E-state index >= 15 is 0 Å². The molecule has 1 heterocycles. The van der Waals surface area contributed by atoms with Crippen LogP contribution in [0.1, 0.15) is 55.8 Å². The molecule has 2 rings (SSSR count). The molecule has 0 saturated heterocycles. The zero-order valence-corrected chi connectivity index (χ0v) is 12.5. The first-order valence-corrected chi connectivity index (χ1v) is 8.68. The lowest BCUT2D eigenvalue weighted by molar-refractivity contribution is 0.515. The van der Waals surface area contributed by atoms with E-state index in [0.717, 1.165) is 6.04 Å². The first-order chi connectivity index (χ1) is 8.20. The van der Waals surface area contributed by atoms with Crippen LogP contribution in [0.5, 0.6) is 0 Å². The third kappa shape index (κ3) is 3.97. The normalized spacial score (nSPS) is 17.6. The minimum atomic E-state index is 0.479. The summed E-state index contributed by atoms with van der Waals surface area (Å²) in [5.74, 6) is 1.75. The summed E-state index contributed by atoms with van der Waals surface area (Å²) in [7, 11) is 0. The largest absolute Gasteiger partial charge is 0.305 e. The van der Waals surface area contributed by atoms with Gasteiger partial charge in [0.2, 0.25) is 0 Å². The summed E-state index contributed by atoms with van der Waals surface area (Å²) in [5, 5.41) is 7.24. The lowest BCUT2D eigenvalue weighted by Gasteiger charge is -2.15. The van der Waals surface area contributed by atoms with Crippen molar-refractivity contribution in [3.05, 3.63) is 16.1 Å². The summed E-state index contributed by atoms with van der Waals surface area (Å²) >= 11 is 3.75. The molecule has 4 heteroatoms. The minimum absolute atomic E-state index is 0.479. The van der Waals surface area contributed by atoms with Gasteiger partial charge in [-0.2, -0.15) is 11.8 Å². The Hall–Kier alpha value is -0.0600. The van der Waals surface area contributed by atoms with Gasteiger partial charge in [-0.3, -0.25) is 0 Å². The smallest absolute Gasteiger partial charge is 0.110 e. The van der Waals surface area contributed by atoms with Crippen molar-refractivity contribution in [2.75, 3.05) is 12.0 Å². The Balaban J connectivity index is 2.00. The van der Waals surface area contributed by atoms with E-state index < -0.39 is 0 Å². The van der Waals surface area contributed by atoms with E-state index in [0.29, 0.717) is 12.0 Å². The van der Waals surface area contributed by atoms with Crippen molar-refractivity contribution >= 4 is 23.1 Å². The highest BCUT2D eigenvalue weighted by atomic mass is 32.2. The van der Waals surface area contributed by atoms with Crippen molar-refractivity contribution in [1.29, 1.82) is 0 Å². The van der Waals surface area contributed by atoms with Crippen molar-refractivity contribution < 1.29 is 0 Å². The molecule has 17 heavy (non-hydrogen) atoms. The van der Waals surface area contributed by atoms with Gasteiger partial charge in [0.25, 0.3) is 0 Å². The average Bonchev–Trinajstić information content (AvgIpc) is 2.97. The van der Waals surface area contributed by atoms with E-state index in [1.807, 2.05) is 23.1 Å². The summed E-state index contributed by atoms with van der Waals surface area (Å²) in [4.78, 5) is 4.79. The highest BCUT2D eigenvalue weighted by molar-refractivity contribution is 7.98. The lowest BCUT2D eigenvalue weighted by atomic mass is 10.1. The summed E-state index contributed by atoms with van der Waals surface area (Å²) in [5.41, 5.74) is 1.25. The molecule has 1 saturated carbocycles. The monoisotopic (exact) mass is 270 g/mol. The fourth-order valence-corrected chi connectivity index (χ4v) is 3.32. The van der Waals surface area contributed by atoms with Crippen LogP contribution < -0.4 is 5.32 Å². The van der Waals surface area contributed by atoms with E-state index in [4.69, 9.17) is 4.98 Å². The number of hydrogen-bond acceptors (Lipinski definition) is 4. The molecule has 0 radical (unpaired) electrons. The van der Waals surface area contributed by atoms with Crippen LogP contribution in [0.25, 0.3) is 0 Å². The van der Waals surface area contributed by atoms with Crippen LogP contribution in [0, 0.1) is 0 Å². The molecular weight excluding hydrogens is 248 g/mol. The molecule has 0 aromatic carbocycles. The van der Waals surface area contributed by atoms with E-state index in [2.05, 4.69) is 30.8 Å². The van der Waals surface area contributed by atoms with E-state index in [-0.39, 0.29) is 0 Å². The van der Waals surface area contributed by atoms with Crippen LogP contribution in [-0.4, -0.2) is 23.0 Å². The van der Waals surface area contributed by atoms with Gasteiger partial charge in [-0.1, -0.05) is 13.8 Å². The number of thioether (sulfide) groups is 1. The van der Waals surface area contributed by atoms with Gasteiger partial charge in [0.05, 0.1) is 11.7 Å². The third-order valence-corrected chi connectivity index (χ3v) is 4.67. The van der Waals surface area contributed by atoms with Crippen molar-refractivity contribution in [2.45, 2.75) is 51.1 Å². The Morgan fingerprint density at radius 3 is 2.82 bits per heavy atom. The fourth-order valence-electron chi connectivity index (χ4n) is 1.77. The first kappa shape index (κ1) is 13.4. The Labute approximate surface area is 113 Å². The predicted molar refractivity (Wildman–Crippen MR) is 78.1 cm³/mol.